The molecule has 0 aliphatic carbocycles. The van der Waals surface area contributed by atoms with Gasteiger partial charge in [0.05, 0.1) is 40.1 Å². The van der Waals surface area contributed by atoms with Crippen molar-refractivity contribution < 1.29 is 14.9 Å². The third kappa shape index (κ3) is 2.32. The number of hydrogen-bond donors (Lipinski definition) is 2. The number of rotatable bonds is 1. The maximum atomic E-state index is 9.71. The number of fused-ring (bicyclic) bond motifs is 1. The molecule has 5 nitrogen and oxygen atoms in total. The van der Waals surface area contributed by atoms with Crippen LogP contribution in [0.25, 0.3) is 11.0 Å². The molecule has 3 rings (SSSR count). The fourth-order valence-corrected chi connectivity index (χ4v) is 2.51. The molecule has 2 N–H and O–H groups in total. The van der Waals surface area contributed by atoms with Crippen molar-refractivity contribution in [1.82, 2.24) is 9.55 Å². The van der Waals surface area contributed by atoms with E-state index in [4.69, 9.17) is 27.9 Å². The van der Waals surface area contributed by atoms with Gasteiger partial charge < -0.3 is 19.5 Å². The molecular formula is C12H12Cl2N2O3. The lowest BCUT2D eigenvalue weighted by Crippen LogP contribution is -2.39. The summed E-state index contributed by atoms with van der Waals surface area (Å²) in [5, 5.41) is 20.0. The highest BCUT2D eigenvalue weighted by Gasteiger charge is 2.30. The van der Waals surface area contributed by atoms with Gasteiger partial charge in [-0.05, 0) is 12.1 Å². The highest BCUT2D eigenvalue weighted by Crippen LogP contribution is 2.31. The van der Waals surface area contributed by atoms with Gasteiger partial charge in [-0.3, -0.25) is 0 Å². The van der Waals surface area contributed by atoms with Crippen LogP contribution >= 0.6 is 23.2 Å². The van der Waals surface area contributed by atoms with Gasteiger partial charge in [0.25, 0.3) is 0 Å². The lowest BCUT2D eigenvalue weighted by Gasteiger charge is -2.31. The van der Waals surface area contributed by atoms with Crippen LogP contribution in [0.5, 0.6) is 0 Å². The van der Waals surface area contributed by atoms with Crippen molar-refractivity contribution in [3.05, 3.63) is 28.5 Å². The predicted octanol–water partition coefficient (Wildman–Crippen LogP) is 1.98. The molecule has 1 aromatic carbocycles. The number of benzene rings is 1. The Morgan fingerprint density at radius 3 is 2.68 bits per heavy atom. The van der Waals surface area contributed by atoms with Crippen molar-refractivity contribution in [2.75, 3.05) is 6.61 Å². The molecule has 0 saturated carbocycles. The van der Waals surface area contributed by atoms with Crippen molar-refractivity contribution in [2.24, 2.45) is 0 Å². The molecule has 19 heavy (non-hydrogen) atoms. The molecule has 3 atom stereocenters. The van der Waals surface area contributed by atoms with E-state index in [9.17, 15) is 10.2 Å². The van der Waals surface area contributed by atoms with E-state index in [0.29, 0.717) is 22.0 Å². The second-order valence-corrected chi connectivity index (χ2v) is 5.38. The first kappa shape index (κ1) is 13.1. The van der Waals surface area contributed by atoms with Crippen LogP contribution in [0.15, 0.2) is 18.5 Å². The largest absolute Gasteiger partial charge is 0.390 e. The molecule has 1 aromatic heterocycles. The molecule has 3 unspecified atom stereocenters. The standard InChI is InChI=1S/C12H12Cl2N2O3/c13-6-1-8-9(2-7(6)14)16(5-15-8)12-3-10(17)11(18)4-19-12/h1-2,5,10-12,17-18H,3-4H2. The van der Waals surface area contributed by atoms with Gasteiger partial charge in [-0.1, -0.05) is 23.2 Å². The molecule has 1 fully saturated rings. The fourth-order valence-electron chi connectivity index (χ4n) is 2.20. The van der Waals surface area contributed by atoms with Gasteiger partial charge in [-0.15, -0.1) is 0 Å². The van der Waals surface area contributed by atoms with Gasteiger partial charge in [-0.2, -0.15) is 0 Å². The second-order valence-electron chi connectivity index (χ2n) is 4.57. The minimum atomic E-state index is -0.843. The van der Waals surface area contributed by atoms with Crippen LogP contribution in [0, 0.1) is 0 Å². The summed E-state index contributed by atoms with van der Waals surface area (Å²) in [6, 6.07) is 3.40. The predicted molar refractivity (Wildman–Crippen MR) is 71.4 cm³/mol. The van der Waals surface area contributed by atoms with E-state index in [1.54, 1.807) is 23.0 Å². The monoisotopic (exact) mass is 302 g/mol. The third-order valence-corrected chi connectivity index (χ3v) is 4.00. The Labute approximate surface area is 119 Å². The number of ether oxygens (including phenoxy) is 1. The third-order valence-electron chi connectivity index (χ3n) is 3.27. The fraction of sp³-hybridized carbons (Fsp3) is 0.417. The van der Waals surface area contributed by atoms with Crippen molar-refractivity contribution in [2.45, 2.75) is 24.9 Å². The van der Waals surface area contributed by atoms with Gasteiger partial charge in [-0.25, -0.2) is 4.98 Å². The Balaban J connectivity index is 1.99. The highest BCUT2D eigenvalue weighted by molar-refractivity contribution is 6.42. The van der Waals surface area contributed by atoms with E-state index in [2.05, 4.69) is 4.98 Å². The van der Waals surface area contributed by atoms with Crippen LogP contribution in [0.3, 0.4) is 0 Å². The highest BCUT2D eigenvalue weighted by atomic mass is 35.5. The maximum absolute atomic E-state index is 9.71. The van der Waals surface area contributed by atoms with Crippen LogP contribution in [0.2, 0.25) is 10.0 Å². The van der Waals surface area contributed by atoms with E-state index in [1.807, 2.05) is 0 Å². The van der Waals surface area contributed by atoms with Gasteiger partial charge in [0, 0.05) is 6.42 Å². The molecule has 0 spiro atoms. The van der Waals surface area contributed by atoms with Crippen LogP contribution in [-0.2, 0) is 4.74 Å². The zero-order chi connectivity index (χ0) is 13.6. The second kappa shape index (κ2) is 4.92. The van der Waals surface area contributed by atoms with Crippen LogP contribution in [0.1, 0.15) is 12.6 Å². The molecule has 0 amide bonds. The average Bonchev–Trinajstić information content (AvgIpc) is 2.76. The molecule has 1 saturated heterocycles. The quantitative estimate of drug-likeness (QED) is 0.845. The van der Waals surface area contributed by atoms with Crippen LogP contribution in [0.4, 0.5) is 0 Å². The first-order valence-electron chi connectivity index (χ1n) is 5.85. The minimum Gasteiger partial charge on any atom is -0.390 e. The van der Waals surface area contributed by atoms with Crippen molar-refractivity contribution in [3.8, 4) is 0 Å². The molecule has 7 heteroatoms. The Kier molecular flexibility index (Phi) is 3.41. The van der Waals surface area contributed by atoms with Gasteiger partial charge >= 0.3 is 0 Å². The van der Waals surface area contributed by atoms with E-state index >= 15 is 0 Å². The average molecular weight is 303 g/mol. The Hall–Kier alpha value is -0.850. The normalized spacial score (nSPS) is 27.9. The van der Waals surface area contributed by atoms with Crippen molar-refractivity contribution in [3.63, 3.8) is 0 Å². The SMILES string of the molecule is OC1COC(n2cnc3cc(Cl)c(Cl)cc32)CC1O. The number of nitrogens with zero attached hydrogens (tertiary/aromatic N) is 2. The number of halogens is 2. The molecule has 1 aliphatic rings. The lowest BCUT2D eigenvalue weighted by atomic mass is 10.1. The number of aliphatic hydroxyl groups excluding tert-OH is 2. The molecular weight excluding hydrogens is 291 g/mol. The summed E-state index contributed by atoms with van der Waals surface area (Å²) in [4.78, 5) is 4.24. The van der Waals surface area contributed by atoms with Gasteiger partial charge in [0.2, 0.25) is 0 Å². The summed E-state index contributed by atoms with van der Waals surface area (Å²) in [7, 11) is 0. The maximum Gasteiger partial charge on any atom is 0.138 e. The molecule has 0 bridgehead atoms. The number of hydrogen-bond acceptors (Lipinski definition) is 4. The number of aliphatic hydroxyl groups is 2. The summed E-state index contributed by atoms with van der Waals surface area (Å²) >= 11 is 11.9. The Morgan fingerprint density at radius 2 is 1.95 bits per heavy atom. The first-order chi connectivity index (χ1) is 9.06. The lowest BCUT2D eigenvalue weighted by molar-refractivity contribution is -0.144. The summed E-state index contributed by atoms with van der Waals surface area (Å²) in [5.41, 5.74) is 1.49. The molecule has 2 heterocycles. The van der Waals surface area contributed by atoms with Gasteiger partial charge in [0.15, 0.2) is 0 Å². The molecule has 0 radical (unpaired) electrons. The number of aromatic nitrogens is 2. The topological polar surface area (TPSA) is 67.5 Å². The van der Waals surface area contributed by atoms with E-state index in [1.165, 1.54) is 0 Å². The van der Waals surface area contributed by atoms with E-state index in [-0.39, 0.29) is 12.8 Å². The smallest absolute Gasteiger partial charge is 0.138 e. The molecule has 2 aromatic rings. The van der Waals surface area contributed by atoms with E-state index < -0.39 is 12.2 Å². The van der Waals surface area contributed by atoms with Crippen molar-refractivity contribution >= 4 is 34.2 Å². The zero-order valence-corrected chi connectivity index (χ0v) is 11.3. The van der Waals surface area contributed by atoms with Gasteiger partial charge in [0.1, 0.15) is 12.3 Å². The van der Waals surface area contributed by atoms with E-state index in [0.717, 1.165) is 5.52 Å². The Bertz CT molecular complexity index is 616. The zero-order valence-electron chi connectivity index (χ0n) is 9.83. The Morgan fingerprint density at radius 1 is 1.21 bits per heavy atom. The summed E-state index contributed by atoms with van der Waals surface area (Å²) in [6.07, 6.45) is -0.108. The van der Waals surface area contributed by atoms with Crippen molar-refractivity contribution in [1.29, 1.82) is 0 Å². The number of imidazole rings is 1. The molecule has 1 aliphatic heterocycles. The summed E-state index contributed by atoms with van der Waals surface area (Å²) in [6.45, 7) is 0.0901. The summed E-state index contributed by atoms with van der Waals surface area (Å²) in [5.74, 6) is 0. The first-order valence-corrected chi connectivity index (χ1v) is 6.61. The minimum absolute atomic E-state index is 0.0901. The van der Waals surface area contributed by atoms with Crippen LogP contribution in [-0.4, -0.2) is 38.6 Å². The molecule has 102 valence electrons. The summed E-state index contributed by atoms with van der Waals surface area (Å²) < 4.78 is 7.30. The van der Waals surface area contributed by atoms with Crippen LogP contribution < -0.4 is 0 Å².